The third kappa shape index (κ3) is 3.56. The SMILES string of the molecule is CCC(CC)(CNC1CC(c2cccc(F)c2)C1)SC. The van der Waals surface area contributed by atoms with Gasteiger partial charge in [0.25, 0.3) is 0 Å². The van der Waals surface area contributed by atoms with Crippen LogP contribution in [0.15, 0.2) is 24.3 Å². The molecule has 0 aromatic heterocycles. The molecular weight excluding hydrogens is 269 g/mol. The van der Waals surface area contributed by atoms with Gasteiger partial charge in [0.15, 0.2) is 0 Å². The summed E-state index contributed by atoms with van der Waals surface area (Å²) in [6, 6.07) is 7.68. The van der Waals surface area contributed by atoms with E-state index in [4.69, 9.17) is 0 Å². The molecule has 0 saturated heterocycles. The van der Waals surface area contributed by atoms with Gasteiger partial charge in [0.2, 0.25) is 0 Å². The lowest BCUT2D eigenvalue weighted by atomic mass is 9.75. The van der Waals surface area contributed by atoms with Gasteiger partial charge in [-0.05, 0) is 55.6 Å². The topological polar surface area (TPSA) is 12.0 Å². The monoisotopic (exact) mass is 295 g/mol. The van der Waals surface area contributed by atoms with Gasteiger partial charge in [-0.15, -0.1) is 0 Å². The predicted molar refractivity (Wildman–Crippen MR) is 87.0 cm³/mol. The summed E-state index contributed by atoms with van der Waals surface area (Å²) < 4.78 is 13.6. The summed E-state index contributed by atoms with van der Waals surface area (Å²) in [5.41, 5.74) is 1.16. The fraction of sp³-hybridized carbons (Fsp3) is 0.647. The minimum Gasteiger partial charge on any atom is -0.313 e. The Morgan fingerprint density at radius 2 is 2.00 bits per heavy atom. The van der Waals surface area contributed by atoms with Crippen molar-refractivity contribution in [3.05, 3.63) is 35.6 Å². The maximum absolute atomic E-state index is 13.2. The number of benzene rings is 1. The Hall–Kier alpha value is -0.540. The van der Waals surface area contributed by atoms with Gasteiger partial charge in [-0.2, -0.15) is 11.8 Å². The largest absolute Gasteiger partial charge is 0.313 e. The minimum absolute atomic E-state index is 0.114. The Bertz CT molecular complexity index is 416. The minimum atomic E-state index is -0.114. The van der Waals surface area contributed by atoms with E-state index in [1.165, 1.54) is 18.9 Å². The Kier molecular flexibility index (Phi) is 5.50. The Balaban J connectivity index is 1.79. The third-order valence-corrected chi connectivity index (χ3v) is 6.48. The van der Waals surface area contributed by atoms with Gasteiger partial charge in [-0.3, -0.25) is 0 Å². The summed E-state index contributed by atoms with van der Waals surface area (Å²) in [6.45, 7) is 5.64. The van der Waals surface area contributed by atoms with Gasteiger partial charge >= 0.3 is 0 Å². The van der Waals surface area contributed by atoms with Crippen LogP contribution in [0.1, 0.15) is 51.0 Å². The second-order valence-corrected chi connectivity index (χ2v) is 7.17. The first kappa shape index (κ1) is 15.8. The van der Waals surface area contributed by atoms with Gasteiger partial charge in [-0.1, -0.05) is 26.0 Å². The molecule has 112 valence electrons. The number of halogens is 1. The molecule has 1 fully saturated rings. The summed E-state index contributed by atoms with van der Waals surface area (Å²) in [6.07, 6.45) is 6.91. The van der Waals surface area contributed by atoms with Crippen LogP contribution < -0.4 is 5.32 Å². The van der Waals surface area contributed by atoms with Crippen LogP contribution in [0.4, 0.5) is 4.39 Å². The lowest BCUT2D eigenvalue weighted by Gasteiger charge is -2.39. The molecule has 1 aliphatic rings. The predicted octanol–water partition coefficient (Wildman–Crippen LogP) is 4.58. The highest BCUT2D eigenvalue weighted by Gasteiger charge is 2.32. The van der Waals surface area contributed by atoms with Crippen molar-refractivity contribution < 1.29 is 4.39 Å². The van der Waals surface area contributed by atoms with Crippen LogP contribution in [0.5, 0.6) is 0 Å². The van der Waals surface area contributed by atoms with Crippen molar-refractivity contribution in [2.75, 3.05) is 12.8 Å². The zero-order valence-electron chi connectivity index (χ0n) is 12.8. The second kappa shape index (κ2) is 6.95. The standard InChI is InChI=1S/C17H26FNS/c1-4-17(5-2,20-3)12-19-16-10-14(11-16)13-7-6-8-15(18)9-13/h6-9,14,16,19H,4-5,10-12H2,1-3H3. The quantitative estimate of drug-likeness (QED) is 0.790. The molecule has 1 nitrogen and oxygen atoms in total. The molecule has 0 radical (unpaired) electrons. The highest BCUT2D eigenvalue weighted by molar-refractivity contribution is 8.00. The van der Waals surface area contributed by atoms with Crippen LogP contribution in [0, 0.1) is 5.82 Å². The number of hydrogen-bond acceptors (Lipinski definition) is 2. The van der Waals surface area contributed by atoms with Crippen molar-refractivity contribution in [3.63, 3.8) is 0 Å². The van der Waals surface area contributed by atoms with Gasteiger partial charge in [0, 0.05) is 17.3 Å². The second-order valence-electron chi connectivity index (χ2n) is 5.90. The van der Waals surface area contributed by atoms with Crippen molar-refractivity contribution in [3.8, 4) is 0 Å². The lowest BCUT2D eigenvalue weighted by Crippen LogP contribution is -2.46. The van der Waals surface area contributed by atoms with Crippen LogP contribution in [0.3, 0.4) is 0 Å². The van der Waals surface area contributed by atoms with E-state index < -0.39 is 0 Å². The normalized spacial score (nSPS) is 22.6. The molecule has 0 aliphatic heterocycles. The Morgan fingerprint density at radius 1 is 1.30 bits per heavy atom. The van der Waals surface area contributed by atoms with E-state index in [-0.39, 0.29) is 5.82 Å². The maximum atomic E-state index is 13.2. The van der Waals surface area contributed by atoms with Crippen LogP contribution in [0.25, 0.3) is 0 Å². The third-order valence-electron chi connectivity index (χ3n) is 4.89. The summed E-state index contributed by atoms with van der Waals surface area (Å²) in [4.78, 5) is 0. The van der Waals surface area contributed by atoms with Crippen molar-refractivity contribution in [2.45, 2.75) is 56.2 Å². The van der Waals surface area contributed by atoms with E-state index in [9.17, 15) is 4.39 Å². The van der Waals surface area contributed by atoms with Crippen molar-refractivity contribution >= 4 is 11.8 Å². The smallest absolute Gasteiger partial charge is 0.123 e. The van der Waals surface area contributed by atoms with Crippen LogP contribution in [-0.2, 0) is 0 Å². The molecule has 0 bridgehead atoms. The summed E-state index contributed by atoms with van der Waals surface area (Å²) in [7, 11) is 0. The first-order chi connectivity index (χ1) is 9.62. The summed E-state index contributed by atoms with van der Waals surface area (Å²) in [5, 5.41) is 3.71. The fourth-order valence-electron chi connectivity index (χ4n) is 3.01. The van der Waals surface area contributed by atoms with Gasteiger partial charge < -0.3 is 5.32 Å². The van der Waals surface area contributed by atoms with Crippen molar-refractivity contribution in [1.29, 1.82) is 0 Å². The molecule has 2 rings (SSSR count). The highest BCUT2D eigenvalue weighted by Crippen LogP contribution is 2.38. The molecule has 1 aromatic carbocycles. The molecule has 0 heterocycles. The van der Waals surface area contributed by atoms with Crippen molar-refractivity contribution in [1.82, 2.24) is 5.32 Å². The van der Waals surface area contributed by atoms with E-state index in [1.54, 1.807) is 6.07 Å². The van der Waals surface area contributed by atoms with E-state index in [2.05, 4.69) is 25.4 Å². The number of hydrogen-bond donors (Lipinski definition) is 1. The average molecular weight is 295 g/mol. The van der Waals surface area contributed by atoms with Crippen LogP contribution in [0.2, 0.25) is 0 Å². The van der Waals surface area contributed by atoms with Crippen LogP contribution in [-0.4, -0.2) is 23.6 Å². The van der Waals surface area contributed by atoms with E-state index in [1.807, 2.05) is 23.9 Å². The van der Waals surface area contributed by atoms with Gasteiger partial charge in [0.1, 0.15) is 5.82 Å². The Morgan fingerprint density at radius 3 is 2.55 bits per heavy atom. The first-order valence-electron chi connectivity index (χ1n) is 7.66. The average Bonchev–Trinajstić information content (AvgIpc) is 2.42. The zero-order chi connectivity index (χ0) is 14.6. The maximum Gasteiger partial charge on any atom is 0.123 e. The number of nitrogens with one attached hydrogen (secondary N) is 1. The summed E-state index contributed by atoms with van der Waals surface area (Å²) in [5.74, 6) is 0.424. The zero-order valence-corrected chi connectivity index (χ0v) is 13.6. The van der Waals surface area contributed by atoms with Gasteiger partial charge in [-0.25, -0.2) is 4.39 Å². The van der Waals surface area contributed by atoms with E-state index >= 15 is 0 Å². The molecule has 3 heteroatoms. The molecule has 1 aromatic rings. The molecule has 0 spiro atoms. The fourth-order valence-corrected chi connectivity index (χ4v) is 3.81. The van der Waals surface area contributed by atoms with Crippen molar-refractivity contribution in [2.24, 2.45) is 0 Å². The molecular formula is C17H26FNS. The molecule has 0 atom stereocenters. The molecule has 0 amide bonds. The summed E-state index contributed by atoms with van der Waals surface area (Å²) >= 11 is 1.98. The molecule has 1 aliphatic carbocycles. The molecule has 20 heavy (non-hydrogen) atoms. The molecule has 0 unspecified atom stereocenters. The molecule has 1 saturated carbocycles. The first-order valence-corrected chi connectivity index (χ1v) is 8.89. The Labute approximate surface area is 126 Å². The highest BCUT2D eigenvalue weighted by atomic mass is 32.2. The number of rotatable bonds is 7. The van der Waals surface area contributed by atoms with E-state index in [0.717, 1.165) is 24.9 Å². The van der Waals surface area contributed by atoms with Crippen LogP contribution >= 0.6 is 11.8 Å². The van der Waals surface area contributed by atoms with E-state index in [0.29, 0.717) is 16.7 Å². The number of thioether (sulfide) groups is 1. The van der Waals surface area contributed by atoms with Gasteiger partial charge in [0.05, 0.1) is 0 Å². The molecule has 1 N–H and O–H groups in total. The lowest BCUT2D eigenvalue weighted by molar-refractivity contribution is 0.279.